The molecule has 2 aliphatic heterocycles. The van der Waals surface area contributed by atoms with Gasteiger partial charge < -0.3 is 14.7 Å². The molecule has 2 aromatic rings. The minimum absolute atomic E-state index is 0. The first-order valence-electron chi connectivity index (χ1n) is 14.1. The van der Waals surface area contributed by atoms with E-state index in [4.69, 9.17) is 22.2 Å². The summed E-state index contributed by atoms with van der Waals surface area (Å²) in [6.45, 7) is 8.94. The normalized spacial score (nSPS) is 18.1. The lowest BCUT2D eigenvalue weighted by Crippen LogP contribution is -2.44. The molecule has 0 radical (unpaired) electrons. The van der Waals surface area contributed by atoms with E-state index >= 15 is 0 Å². The highest BCUT2D eigenvalue weighted by atomic mass is 35.5. The standard InChI is InChI=1S/C30H34F3N5O4S.ClH/c1-5-20-14-21(6-7-25(20)42-13-10-19-8-11-36(12-9-19)18(2)26(39)40)38-28(43)37(27(41)29(38,3)4)22-15-23(30(31,32)33)24(16-34)35-17-22;/h6-7,14-15,17-19H,5,8-13H2,1-4H3,(H,39,40);1H/t18-;/m0./s1. The molecule has 2 saturated heterocycles. The van der Waals surface area contributed by atoms with Gasteiger partial charge in [0, 0.05) is 5.69 Å². The first-order chi connectivity index (χ1) is 20.2. The van der Waals surface area contributed by atoms with Crippen LogP contribution in [0.2, 0.25) is 0 Å². The maximum absolute atomic E-state index is 13.6. The molecule has 1 amide bonds. The minimum Gasteiger partial charge on any atom is -0.493 e. The summed E-state index contributed by atoms with van der Waals surface area (Å²) in [6, 6.07) is 7.12. The van der Waals surface area contributed by atoms with Gasteiger partial charge in [-0.25, -0.2) is 4.98 Å². The number of thiocarbonyl (C=S) groups is 1. The summed E-state index contributed by atoms with van der Waals surface area (Å²) < 4.78 is 47.0. The van der Waals surface area contributed by atoms with Crippen LogP contribution in [0.3, 0.4) is 0 Å². The fraction of sp³-hybridized carbons (Fsp3) is 0.500. The van der Waals surface area contributed by atoms with Crippen LogP contribution in [0.4, 0.5) is 24.5 Å². The molecule has 4 rings (SSSR count). The molecule has 44 heavy (non-hydrogen) atoms. The minimum atomic E-state index is -4.84. The Morgan fingerprint density at radius 1 is 1.25 bits per heavy atom. The zero-order valence-electron chi connectivity index (χ0n) is 24.8. The van der Waals surface area contributed by atoms with Gasteiger partial charge in [-0.3, -0.25) is 19.4 Å². The number of anilines is 2. The molecule has 2 aliphatic rings. The van der Waals surface area contributed by atoms with E-state index in [-0.39, 0.29) is 23.2 Å². The van der Waals surface area contributed by atoms with Crippen molar-refractivity contribution >= 4 is 53.0 Å². The number of carboxylic acid groups (broad SMARTS) is 1. The first kappa shape index (κ1) is 35.0. The number of carbonyl (C=O) groups is 2. The second-order valence-corrected chi connectivity index (χ2v) is 11.7. The number of piperidine rings is 1. The molecule has 1 aromatic carbocycles. The van der Waals surface area contributed by atoms with Crippen LogP contribution in [-0.2, 0) is 22.2 Å². The summed E-state index contributed by atoms with van der Waals surface area (Å²) in [5, 5.41) is 18.3. The number of alkyl halides is 3. The average Bonchev–Trinajstić information content (AvgIpc) is 3.14. The zero-order chi connectivity index (χ0) is 31.7. The van der Waals surface area contributed by atoms with E-state index in [1.807, 2.05) is 24.0 Å². The van der Waals surface area contributed by atoms with Gasteiger partial charge >= 0.3 is 12.1 Å². The monoisotopic (exact) mass is 653 g/mol. The average molecular weight is 654 g/mol. The summed E-state index contributed by atoms with van der Waals surface area (Å²) >= 11 is 5.63. The number of nitrogens with zero attached hydrogens (tertiary/aromatic N) is 5. The molecular weight excluding hydrogens is 619 g/mol. The van der Waals surface area contributed by atoms with Crippen molar-refractivity contribution in [3.8, 4) is 11.8 Å². The van der Waals surface area contributed by atoms with Gasteiger partial charge in [0.25, 0.3) is 5.91 Å². The van der Waals surface area contributed by atoms with Gasteiger partial charge in [-0.05, 0) is 108 Å². The van der Waals surface area contributed by atoms with E-state index in [1.165, 1.54) is 6.07 Å². The lowest BCUT2D eigenvalue weighted by Gasteiger charge is -2.34. The fourth-order valence-electron chi connectivity index (χ4n) is 5.58. The number of aliphatic carboxylic acids is 1. The van der Waals surface area contributed by atoms with Gasteiger partial charge in [0.2, 0.25) is 0 Å². The molecule has 0 aliphatic carbocycles. The quantitative estimate of drug-likeness (QED) is 0.335. The number of likely N-dealkylation sites (tertiary alicyclic amines) is 1. The van der Waals surface area contributed by atoms with Gasteiger partial charge in [-0.1, -0.05) is 6.92 Å². The third kappa shape index (κ3) is 6.92. The lowest BCUT2D eigenvalue weighted by atomic mass is 9.93. The Morgan fingerprint density at radius 2 is 1.91 bits per heavy atom. The number of carboxylic acids is 1. The van der Waals surface area contributed by atoms with E-state index in [0.717, 1.165) is 55.1 Å². The molecule has 14 heteroatoms. The maximum atomic E-state index is 13.6. The molecule has 0 spiro atoms. The van der Waals surface area contributed by atoms with E-state index in [0.29, 0.717) is 30.4 Å². The van der Waals surface area contributed by atoms with Crippen molar-refractivity contribution in [1.29, 1.82) is 5.26 Å². The van der Waals surface area contributed by atoms with Crippen molar-refractivity contribution in [3.05, 3.63) is 47.3 Å². The van der Waals surface area contributed by atoms with Crippen LogP contribution < -0.4 is 14.5 Å². The number of hydrogen-bond donors (Lipinski definition) is 1. The molecule has 0 saturated carbocycles. The second-order valence-electron chi connectivity index (χ2n) is 11.3. The molecule has 3 heterocycles. The topological polar surface area (TPSA) is 110 Å². The van der Waals surface area contributed by atoms with Gasteiger partial charge in [-0.2, -0.15) is 18.4 Å². The number of aromatic nitrogens is 1. The summed E-state index contributed by atoms with van der Waals surface area (Å²) in [6.07, 6.45) is -0.511. The van der Waals surface area contributed by atoms with Crippen molar-refractivity contribution in [2.75, 3.05) is 29.5 Å². The number of benzene rings is 1. The molecule has 1 atom stereocenters. The molecular formula is C30H35ClF3N5O4S. The summed E-state index contributed by atoms with van der Waals surface area (Å²) in [7, 11) is 0. The van der Waals surface area contributed by atoms with Crippen molar-refractivity contribution in [2.24, 2.45) is 5.92 Å². The van der Waals surface area contributed by atoms with Crippen molar-refractivity contribution < 1.29 is 32.6 Å². The van der Waals surface area contributed by atoms with Crippen LogP contribution in [0, 0.1) is 17.2 Å². The van der Waals surface area contributed by atoms with Crippen LogP contribution in [0.1, 0.15) is 63.8 Å². The smallest absolute Gasteiger partial charge is 0.419 e. The lowest BCUT2D eigenvalue weighted by molar-refractivity contribution is -0.143. The van der Waals surface area contributed by atoms with Crippen LogP contribution in [0.5, 0.6) is 5.75 Å². The van der Waals surface area contributed by atoms with Crippen molar-refractivity contribution in [1.82, 2.24) is 9.88 Å². The second kappa shape index (κ2) is 13.7. The number of amides is 1. The number of hydrogen-bond acceptors (Lipinski definition) is 7. The molecule has 1 N–H and O–H groups in total. The van der Waals surface area contributed by atoms with E-state index in [9.17, 15) is 27.9 Å². The van der Waals surface area contributed by atoms with Gasteiger partial charge in [0.1, 0.15) is 23.4 Å². The van der Waals surface area contributed by atoms with E-state index in [2.05, 4.69) is 4.98 Å². The highest BCUT2D eigenvalue weighted by Gasteiger charge is 2.51. The molecule has 2 fully saturated rings. The molecule has 9 nitrogen and oxygen atoms in total. The van der Waals surface area contributed by atoms with Gasteiger partial charge in [0.05, 0.1) is 24.1 Å². The number of carbonyl (C=O) groups excluding carboxylic acids is 1. The van der Waals surface area contributed by atoms with Crippen molar-refractivity contribution in [2.45, 2.75) is 71.1 Å². The van der Waals surface area contributed by atoms with Gasteiger partial charge in [0.15, 0.2) is 10.8 Å². The predicted molar refractivity (Wildman–Crippen MR) is 165 cm³/mol. The Hall–Kier alpha value is -3.47. The number of nitriles is 1. The predicted octanol–water partition coefficient (Wildman–Crippen LogP) is 5.83. The molecule has 0 unspecified atom stereocenters. The Labute approximate surface area is 266 Å². The molecule has 1 aromatic heterocycles. The van der Waals surface area contributed by atoms with Crippen LogP contribution in [0.25, 0.3) is 0 Å². The van der Waals surface area contributed by atoms with E-state index < -0.39 is 40.9 Å². The number of ether oxygens (including phenoxy) is 1. The third-order valence-electron chi connectivity index (χ3n) is 8.23. The number of aryl methyl sites for hydroxylation is 1. The number of halogens is 4. The van der Waals surface area contributed by atoms with Gasteiger partial charge in [-0.15, -0.1) is 12.4 Å². The Bertz CT molecular complexity index is 1460. The highest BCUT2D eigenvalue weighted by molar-refractivity contribution is 7.81. The van der Waals surface area contributed by atoms with Crippen LogP contribution >= 0.6 is 24.6 Å². The first-order valence-corrected chi connectivity index (χ1v) is 14.5. The van der Waals surface area contributed by atoms with E-state index in [1.54, 1.807) is 31.7 Å². The van der Waals surface area contributed by atoms with Crippen molar-refractivity contribution in [3.63, 3.8) is 0 Å². The summed E-state index contributed by atoms with van der Waals surface area (Å²) in [5.74, 6) is -0.204. The maximum Gasteiger partial charge on any atom is 0.419 e. The fourth-order valence-corrected chi connectivity index (χ4v) is 6.10. The largest absolute Gasteiger partial charge is 0.493 e. The number of rotatable bonds is 9. The van der Waals surface area contributed by atoms with Crippen LogP contribution in [0.15, 0.2) is 30.5 Å². The van der Waals surface area contributed by atoms with Crippen LogP contribution in [-0.4, -0.2) is 63.3 Å². The highest BCUT2D eigenvalue weighted by Crippen LogP contribution is 2.40. The zero-order valence-corrected chi connectivity index (χ0v) is 26.5. The molecule has 238 valence electrons. The number of pyridine rings is 1. The Morgan fingerprint density at radius 3 is 2.48 bits per heavy atom. The summed E-state index contributed by atoms with van der Waals surface area (Å²) in [4.78, 5) is 33.0. The SMILES string of the molecule is CCc1cc(N2C(=S)N(c3cnc(C#N)c(C(F)(F)F)c3)C(=O)C2(C)C)ccc1OCCC1CCN([C@@H](C)C(=O)O)CC1.Cl. The third-order valence-corrected chi connectivity index (χ3v) is 8.60. The summed E-state index contributed by atoms with van der Waals surface area (Å²) in [5.41, 5.74) is -1.94. The Balaban J connectivity index is 0.00000529. The Kier molecular flexibility index (Phi) is 10.9. The molecule has 0 bridgehead atoms.